The van der Waals surface area contributed by atoms with Crippen molar-refractivity contribution in [3.05, 3.63) is 0 Å². The molecule has 0 saturated heterocycles. The first-order chi connectivity index (χ1) is 13.7. The van der Waals surface area contributed by atoms with Gasteiger partial charge < -0.3 is 14.9 Å². The van der Waals surface area contributed by atoms with Crippen LogP contribution in [-0.4, -0.2) is 41.3 Å². The Bertz CT molecular complexity index is 662. The average Bonchev–Trinajstić information content (AvgIpc) is 3.05. The summed E-state index contributed by atoms with van der Waals surface area (Å²) < 4.78 is 4.59. The van der Waals surface area contributed by atoms with Crippen molar-refractivity contribution in [3.63, 3.8) is 0 Å². The first-order valence-corrected chi connectivity index (χ1v) is 11.7. The molecule has 9 unspecified atom stereocenters. The number of hydrogen-bond acceptors (Lipinski definition) is 5. The highest BCUT2D eigenvalue weighted by Crippen LogP contribution is 2.67. The van der Waals surface area contributed by atoms with Crippen LogP contribution < -0.4 is 0 Å². The van der Waals surface area contributed by atoms with Crippen LogP contribution in [0.2, 0.25) is 0 Å². The smallest absolute Gasteiger partial charge is 0.335 e. The van der Waals surface area contributed by atoms with E-state index >= 15 is 0 Å². The zero-order valence-corrected chi connectivity index (χ0v) is 18.2. The first kappa shape index (κ1) is 21.3. The van der Waals surface area contributed by atoms with Crippen LogP contribution in [-0.2, 0) is 14.3 Å². The summed E-state index contributed by atoms with van der Waals surface area (Å²) in [6.45, 7) is 4.78. The molecule has 4 rings (SSSR count). The maximum atomic E-state index is 13.0. The van der Waals surface area contributed by atoms with Crippen molar-refractivity contribution in [1.82, 2.24) is 0 Å². The van der Waals surface area contributed by atoms with Gasteiger partial charge in [0, 0.05) is 12.3 Å². The number of aliphatic hydroxyl groups excluding tert-OH is 2. The summed E-state index contributed by atoms with van der Waals surface area (Å²) in [5, 5.41) is 20.2. The van der Waals surface area contributed by atoms with Crippen molar-refractivity contribution in [1.29, 1.82) is 0 Å². The Labute approximate surface area is 174 Å². The van der Waals surface area contributed by atoms with Crippen LogP contribution in [0.15, 0.2) is 0 Å². The van der Waals surface area contributed by atoms with E-state index in [1.807, 2.05) is 0 Å². The lowest BCUT2D eigenvalue weighted by Crippen LogP contribution is -2.54. The zero-order valence-electron chi connectivity index (χ0n) is 18.2. The van der Waals surface area contributed by atoms with Crippen molar-refractivity contribution in [3.8, 4) is 0 Å². The molecule has 4 fully saturated rings. The number of fused-ring (bicyclic) bond motifs is 5. The van der Waals surface area contributed by atoms with Crippen molar-refractivity contribution in [2.75, 3.05) is 7.11 Å². The van der Waals surface area contributed by atoms with Crippen molar-refractivity contribution >= 4 is 11.8 Å². The predicted octanol–water partition coefficient (Wildman–Crippen LogP) is 3.50. The zero-order chi connectivity index (χ0) is 21.0. The normalized spacial score (nSPS) is 47.5. The number of ketones is 1. The Morgan fingerprint density at radius 2 is 1.69 bits per heavy atom. The molecule has 4 aliphatic carbocycles. The van der Waals surface area contributed by atoms with Gasteiger partial charge >= 0.3 is 5.97 Å². The van der Waals surface area contributed by atoms with Gasteiger partial charge in [0.15, 0.2) is 6.10 Å². The van der Waals surface area contributed by atoms with E-state index in [0.717, 1.165) is 38.5 Å². The van der Waals surface area contributed by atoms with Crippen molar-refractivity contribution < 1.29 is 24.5 Å². The summed E-state index contributed by atoms with van der Waals surface area (Å²) in [6, 6.07) is 0. The first-order valence-electron chi connectivity index (χ1n) is 11.7. The fraction of sp³-hybridized carbons (Fsp3) is 0.917. The Balaban J connectivity index is 1.50. The molecule has 0 aromatic carbocycles. The fourth-order valence-corrected chi connectivity index (χ4v) is 8.32. The lowest BCUT2D eigenvalue weighted by Gasteiger charge is -2.60. The van der Waals surface area contributed by atoms with Crippen LogP contribution in [0, 0.1) is 40.4 Å². The molecule has 0 heterocycles. The molecule has 0 amide bonds. The molecule has 4 aliphatic rings. The number of carbonyl (C=O) groups excluding carboxylic acids is 2. The van der Waals surface area contributed by atoms with Crippen molar-refractivity contribution in [2.24, 2.45) is 40.4 Å². The average molecular weight is 407 g/mol. The molecule has 0 radical (unpaired) electrons. The molecular weight excluding hydrogens is 368 g/mol. The second-order valence-corrected chi connectivity index (χ2v) is 11.0. The molecule has 0 spiro atoms. The number of ether oxygens (including phenoxy) is 1. The summed E-state index contributed by atoms with van der Waals surface area (Å²) in [7, 11) is 1.24. The molecule has 164 valence electrons. The SMILES string of the molecule is COC(=O)C(O)CC(=O)C1CCC2C3CCC4CC(O)CCC4(C)C3CCC12C. The van der Waals surface area contributed by atoms with Crippen LogP contribution in [0.5, 0.6) is 0 Å². The van der Waals surface area contributed by atoms with Gasteiger partial charge in [0.05, 0.1) is 13.2 Å². The Kier molecular flexibility index (Phi) is 5.61. The van der Waals surface area contributed by atoms with E-state index in [2.05, 4.69) is 18.6 Å². The maximum Gasteiger partial charge on any atom is 0.335 e. The van der Waals surface area contributed by atoms with Gasteiger partial charge in [-0.2, -0.15) is 0 Å². The van der Waals surface area contributed by atoms with Gasteiger partial charge in [-0.15, -0.1) is 0 Å². The minimum Gasteiger partial charge on any atom is -0.467 e. The number of Topliss-reactive ketones (excluding diaryl/α,β-unsaturated/α-hetero) is 1. The van der Waals surface area contributed by atoms with Gasteiger partial charge in [0.25, 0.3) is 0 Å². The topological polar surface area (TPSA) is 83.8 Å². The summed E-state index contributed by atoms with van der Waals surface area (Å²) in [5.74, 6) is 1.86. The Hall–Kier alpha value is -0.940. The number of esters is 1. The minimum atomic E-state index is -1.34. The van der Waals surface area contributed by atoms with Gasteiger partial charge in [-0.05, 0) is 92.3 Å². The van der Waals surface area contributed by atoms with Gasteiger partial charge in [-0.3, -0.25) is 4.79 Å². The standard InChI is InChI=1S/C24H38O5/c1-23-10-8-15(25)12-14(23)4-5-16-17-6-7-19(24(17,2)11-9-18(16)23)20(26)13-21(27)22(28)29-3/h14-19,21,25,27H,4-13H2,1-3H3. The molecule has 0 aromatic heterocycles. The van der Waals surface area contributed by atoms with Crippen molar-refractivity contribution in [2.45, 2.75) is 90.3 Å². The Morgan fingerprint density at radius 3 is 2.41 bits per heavy atom. The van der Waals surface area contributed by atoms with Gasteiger partial charge in [-0.1, -0.05) is 13.8 Å². The van der Waals surface area contributed by atoms with E-state index in [-0.39, 0.29) is 29.6 Å². The third-order valence-corrected chi connectivity index (χ3v) is 9.89. The molecule has 0 bridgehead atoms. The number of hydrogen-bond donors (Lipinski definition) is 2. The number of rotatable bonds is 4. The molecule has 9 atom stereocenters. The summed E-state index contributed by atoms with van der Waals surface area (Å²) >= 11 is 0. The van der Waals surface area contributed by atoms with Crippen LogP contribution in [0.1, 0.15) is 78.1 Å². The number of methoxy groups -OCH3 is 1. The molecule has 29 heavy (non-hydrogen) atoms. The highest BCUT2D eigenvalue weighted by Gasteiger charge is 2.61. The number of carbonyl (C=O) groups is 2. The molecule has 0 aromatic rings. The molecular formula is C24H38O5. The highest BCUT2D eigenvalue weighted by molar-refractivity contribution is 5.87. The monoisotopic (exact) mass is 406 g/mol. The fourth-order valence-electron chi connectivity index (χ4n) is 8.32. The second kappa shape index (κ2) is 7.64. The van der Waals surface area contributed by atoms with Crippen LogP contribution in [0.4, 0.5) is 0 Å². The second-order valence-electron chi connectivity index (χ2n) is 11.0. The molecule has 5 heteroatoms. The van der Waals surface area contributed by atoms with E-state index < -0.39 is 12.1 Å². The number of aliphatic hydroxyl groups is 2. The molecule has 0 aliphatic heterocycles. The minimum absolute atomic E-state index is 0.00847. The summed E-state index contributed by atoms with van der Waals surface area (Å²) in [6.07, 6.45) is 8.11. The third-order valence-electron chi connectivity index (χ3n) is 9.89. The Morgan fingerprint density at radius 1 is 1.00 bits per heavy atom. The third kappa shape index (κ3) is 3.37. The summed E-state index contributed by atoms with van der Waals surface area (Å²) in [5.41, 5.74) is 0.331. The molecule has 5 nitrogen and oxygen atoms in total. The van der Waals surface area contributed by atoms with E-state index in [1.54, 1.807) is 0 Å². The van der Waals surface area contributed by atoms with Gasteiger partial charge in [-0.25, -0.2) is 4.79 Å². The predicted molar refractivity (Wildman–Crippen MR) is 109 cm³/mol. The lowest BCUT2D eigenvalue weighted by molar-refractivity contribution is -0.154. The van der Waals surface area contributed by atoms with E-state index in [4.69, 9.17) is 0 Å². The van der Waals surface area contributed by atoms with Crippen LogP contribution >= 0.6 is 0 Å². The largest absolute Gasteiger partial charge is 0.467 e. The van der Waals surface area contributed by atoms with Gasteiger partial charge in [0.1, 0.15) is 5.78 Å². The van der Waals surface area contributed by atoms with E-state index in [1.165, 1.54) is 26.4 Å². The molecule has 2 N–H and O–H groups in total. The van der Waals surface area contributed by atoms with Crippen LogP contribution in [0.3, 0.4) is 0 Å². The lowest BCUT2D eigenvalue weighted by atomic mass is 9.44. The van der Waals surface area contributed by atoms with E-state index in [0.29, 0.717) is 29.1 Å². The quantitative estimate of drug-likeness (QED) is 0.698. The highest BCUT2D eigenvalue weighted by atomic mass is 16.5. The summed E-state index contributed by atoms with van der Waals surface area (Å²) in [4.78, 5) is 24.6. The van der Waals surface area contributed by atoms with Gasteiger partial charge in [0.2, 0.25) is 0 Å². The maximum absolute atomic E-state index is 13.0. The van der Waals surface area contributed by atoms with Crippen LogP contribution in [0.25, 0.3) is 0 Å². The molecule has 4 saturated carbocycles. The van der Waals surface area contributed by atoms with E-state index in [9.17, 15) is 19.8 Å².